The fraction of sp³-hybridized carbons (Fsp3) is 0. The smallest absolute Gasteiger partial charge is 0.243 e. The van der Waals surface area contributed by atoms with Crippen LogP contribution in [-0.4, -0.2) is 18.0 Å². The minimum absolute atomic E-state index is 0.0923. The predicted octanol–water partition coefficient (Wildman–Crippen LogP) is 4.13. The molecule has 0 spiro atoms. The van der Waals surface area contributed by atoms with Crippen molar-refractivity contribution in [2.24, 2.45) is 0 Å². The monoisotopic (exact) mass is 493 g/mol. The number of hydrogen-bond donors (Lipinski definition) is 0. The van der Waals surface area contributed by atoms with Crippen LogP contribution in [0.4, 0.5) is 0 Å². The number of para-hydroxylation sites is 3. The molecule has 0 saturated heterocycles. The molecular weight excluding hydrogens is 468 g/mol. The Bertz CT molecular complexity index is 1970. The number of benzene rings is 6. The van der Waals surface area contributed by atoms with Crippen LogP contribution in [0, 0.1) is 0 Å². The van der Waals surface area contributed by atoms with Crippen LogP contribution in [0.15, 0.2) is 152 Å². The van der Waals surface area contributed by atoms with Crippen LogP contribution in [0.3, 0.4) is 0 Å². The third kappa shape index (κ3) is 3.36. The van der Waals surface area contributed by atoms with Gasteiger partial charge in [-0.3, -0.25) is 0 Å². The van der Waals surface area contributed by atoms with Gasteiger partial charge < -0.3 is 4.57 Å². The van der Waals surface area contributed by atoms with E-state index in [1.807, 2.05) is 0 Å². The Labute approximate surface area is 229 Å². The van der Waals surface area contributed by atoms with Gasteiger partial charge in [-0.05, 0) is 23.1 Å². The second-order valence-electron chi connectivity index (χ2n) is 10.5. The lowest BCUT2D eigenvalue weighted by Gasteiger charge is -2.23. The van der Waals surface area contributed by atoms with E-state index < -0.39 is 0 Å². The zero-order valence-electron chi connectivity index (χ0n) is 21.5. The first-order chi connectivity index (χ1) is 19.4. The lowest BCUT2D eigenvalue weighted by Crippen LogP contribution is -2.64. The molecule has 8 rings (SSSR count). The van der Waals surface area contributed by atoms with Crippen molar-refractivity contribution in [1.29, 1.82) is 0 Å². The largest absolute Gasteiger partial charge is 0.310 e. The Morgan fingerprint density at radius 1 is 0.359 bits per heavy atom. The van der Waals surface area contributed by atoms with Gasteiger partial charge in [0, 0.05) is 22.0 Å². The minimum atomic E-state index is 0.0923. The number of fused-ring (bicyclic) bond motifs is 6. The number of aromatic nitrogens is 1. The van der Waals surface area contributed by atoms with Crippen LogP contribution >= 0.6 is 0 Å². The summed E-state index contributed by atoms with van der Waals surface area (Å²) >= 11 is 0. The van der Waals surface area contributed by atoms with Crippen molar-refractivity contribution < 1.29 is 0 Å². The molecule has 0 bridgehead atoms. The standard InChI is InChI=1S/C36H25B2N/c1-3-14-26(15-4-1)37-30-20-8-9-21-31(30)38(27-16-5-2-6-17-27)33-23-13-19-29-28-18-7-11-24-34(28)39(36(29)33)35-25-12-10-22-32(35)37/h1-25H. The maximum Gasteiger partial charge on any atom is 0.243 e. The number of hydrogen-bond acceptors (Lipinski definition) is 0. The van der Waals surface area contributed by atoms with Gasteiger partial charge in [0.25, 0.3) is 0 Å². The van der Waals surface area contributed by atoms with Crippen LogP contribution in [0.2, 0.25) is 0 Å². The van der Waals surface area contributed by atoms with Gasteiger partial charge in [0.15, 0.2) is 0 Å². The molecule has 0 aliphatic carbocycles. The van der Waals surface area contributed by atoms with E-state index in [4.69, 9.17) is 0 Å². The van der Waals surface area contributed by atoms with Crippen LogP contribution in [0.5, 0.6) is 0 Å². The highest BCUT2D eigenvalue weighted by molar-refractivity contribution is 7.05. The van der Waals surface area contributed by atoms with Gasteiger partial charge in [-0.1, -0.05) is 161 Å². The van der Waals surface area contributed by atoms with Gasteiger partial charge in [-0.2, -0.15) is 0 Å². The average Bonchev–Trinajstić information content (AvgIpc) is 3.36. The molecule has 6 aromatic carbocycles. The topological polar surface area (TPSA) is 4.93 Å². The van der Waals surface area contributed by atoms with E-state index in [9.17, 15) is 0 Å². The first kappa shape index (κ1) is 22.3. The summed E-state index contributed by atoms with van der Waals surface area (Å²) in [5, 5.41) is 2.59. The summed E-state index contributed by atoms with van der Waals surface area (Å²) in [4.78, 5) is 0. The normalized spacial score (nSPS) is 12.5. The first-order valence-electron chi connectivity index (χ1n) is 13.7. The van der Waals surface area contributed by atoms with Gasteiger partial charge in [0.1, 0.15) is 0 Å². The molecule has 1 aliphatic rings. The lowest BCUT2D eigenvalue weighted by molar-refractivity contribution is 1.20. The average molecular weight is 493 g/mol. The van der Waals surface area contributed by atoms with Gasteiger partial charge in [0.05, 0.1) is 5.52 Å². The summed E-state index contributed by atoms with van der Waals surface area (Å²) in [6.45, 7) is 0.185. The molecular formula is C36H25B2N. The van der Waals surface area contributed by atoms with E-state index in [0.29, 0.717) is 0 Å². The SMILES string of the molecule is c1ccc(B2c3ccccc3B(c3ccccc3)c3cccc4c5ccccc5n(c34)-c3ccccc32)cc1. The van der Waals surface area contributed by atoms with E-state index >= 15 is 0 Å². The van der Waals surface area contributed by atoms with Crippen LogP contribution < -0.4 is 32.8 Å². The van der Waals surface area contributed by atoms with Crippen molar-refractivity contribution >= 4 is 68.0 Å². The third-order valence-electron chi connectivity index (χ3n) is 8.41. The fourth-order valence-electron chi connectivity index (χ4n) is 6.84. The van der Waals surface area contributed by atoms with Crippen molar-refractivity contribution in [3.8, 4) is 5.69 Å². The van der Waals surface area contributed by atoms with E-state index in [1.165, 1.54) is 60.3 Å². The van der Waals surface area contributed by atoms with Crippen molar-refractivity contribution in [3.63, 3.8) is 0 Å². The summed E-state index contributed by atoms with van der Waals surface area (Å²) in [6.07, 6.45) is 0. The molecule has 0 unspecified atom stereocenters. The molecule has 1 nitrogen and oxygen atoms in total. The Hall–Kier alpha value is -4.75. The van der Waals surface area contributed by atoms with Crippen molar-refractivity contribution in [2.75, 3.05) is 0 Å². The highest BCUT2D eigenvalue weighted by Gasteiger charge is 2.35. The highest BCUT2D eigenvalue weighted by atomic mass is 15.0. The molecule has 180 valence electrons. The Kier molecular flexibility index (Phi) is 5.09. The molecule has 7 aromatic rings. The molecule has 0 atom stereocenters. The maximum atomic E-state index is 2.53. The molecule has 39 heavy (non-hydrogen) atoms. The number of nitrogens with zero attached hydrogens (tertiary/aromatic N) is 1. The third-order valence-corrected chi connectivity index (χ3v) is 8.41. The molecule has 0 radical (unpaired) electrons. The lowest BCUT2D eigenvalue weighted by atomic mass is 9.28. The second kappa shape index (κ2) is 8.92. The van der Waals surface area contributed by atoms with E-state index in [2.05, 4.69) is 156 Å². The fourth-order valence-corrected chi connectivity index (χ4v) is 6.84. The van der Waals surface area contributed by atoms with Crippen molar-refractivity contribution in [2.45, 2.75) is 0 Å². The Morgan fingerprint density at radius 3 is 1.54 bits per heavy atom. The van der Waals surface area contributed by atoms with Crippen LogP contribution in [-0.2, 0) is 0 Å². The molecule has 0 saturated carbocycles. The van der Waals surface area contributed by atoms with Gasteiger partial charge in [-0.25, -0.2) is 0 Å². The molecule has 3 heteroatoms. The Balaban J connectivity index is 1.62. The molecule has 0 amide bonds. The quantitative estimate of drug-likeness (QED) is 0.320. The summed E-state index contributed by atoms with van der Waals surface area (Å²) in [7, 11) is 0. The maximum absolute atomic E-state index is 2.53. The van der Waals surface area contributed by atoms with E-state index in [-0.39, 0.29) is 13.4 Å². The summed E-state index contributed by atoms with van der Waals surface area (Å²) in [5.41, 5.74) is 11.8. The predicted molar refractivity (Wildman–Crippen MR) is 169 cm³/mol. The van der Waals surface area contributed by atoms with Crippen LogP contribution in [0.25, 0.3) is 27.5 Å². The van der Waals surface area contributed by atoms with Crippen LogP contribution in [0.1, 0.15) is 0 Å². The molecule has 1 aromatic heterocycles. The summed E-state index contributed by atoms with van der Waals surface area (Å²) in [5.74, 6) is 0. The van der Waals surface area contributed by atoms with E-state index in [1.54, 1.807) is 0 Å². The first-order valence-corrected chi connectivity index (χ1v) is 13.7. The number of rotatable bonds is 2. The Morgan fingerprint density at radius 2 is 0.846 bits per heavy atom. The molecule has 0 fully saturated rings. The van der Waals surface area contributed by atoms with Gasteiger partial charge >= 0.3 is 0 Å². The molecule has 0 N–H and O–H groups in total. The zero-order chi connectivity index (χ0) is 25.8. The second-order valence-corrected chi connectivity index (χ2v) is 10.5. The highest BCUT2D eigenvalue weighted by Crippen LogP contribution is 2.31. The summed E-state index contributed by atoms with van der Waals surface area (Å²) < 4.78 is 2.53. The van der Waals surface area contributed by atoms with E-state index in [0.717, 1.165) is 0 Å². The molecule has 2 heterocycles. The minimum Gasteiger partial charge on any atom is -0.310 e. The summed E-state index contributed by atoms with van der Waals surface area (Å²) in [6, 6.07) is 55.9. The van der Waals surface area contributed by atoms with Crippen molar-refractivity contribution in [3.05, 3.63) is 152 Å². The zero-order valence-corrected chi connectivity index (χ0v) is 21.5. The van der Waals surface area contributed by atoms with Gasteiger partial charge in [-0.15, -0.1) is 0 Å². The van der Waals surface area contributed by atoms with Crippen molar-refractivity contribution in [1.82, 2.24) is 4.57 Å². The van der Waals surface area contributed by atoms with Gasteiger partial charge in [0.2, 0.25) is 13.4 Å². The molecule has 1 aliphatic heterocycles.